The van der Waals surface area contributed by atoms with Crippen LogP contribution in [0.25, 0.3) is 0 Å². The first-order valence-electron chi connectivity index (χ1n) is 3.77. The predicted molar refractivity (Wildman–Crippen MR) is 51.4 cm³/mol. The van der Waals surface area contributed by atoms with Gasteiger partial charge in [-0.3, -0.25) is 0 Å². The van der Waals surface area contributed by atoms with Crippen molar-refractivity contribution in [3.8, 4) is 0 Å². The van der Waals surface area contributed by atoms with Crippen LogP contribution in [0.4, 0.5) is 4.39 Å². The highest BCUT2D eigenvalue weighted by Gasteiger charge is 2.18. The number of hydrogen-bond donors (Lipinski definition) is 1. The fraction of sp³-hybridized carbons (Fsp3) is 0.222. The summed E-state index contributed by atoms with van der Waals surface area (Å²) in [6.45, 7) is -0.455. The maximum Gasteiger partial charge on any atom is 0.342 e. The van der Waals surface area contributed by atoms with Crippen LogP contribution >= 0.6 is 15.9 Å². The Bertz CT molecular complexity index is 365. The minimum absolute atomic E-state index is 0.0635. The second-order valence-electron chi connectivity index (χ2n) is 2.55. The van der Waals surface area contributed by atoms with Crippen molar-refractivity contribution in [1.29, 1.82) is 0 Å². The third kappa shape index (κ3) is 1.93. The fourth-order valence-electron chi connectivity index (χ4n) is 1.01. The van der Waals surface area contributed by atoms with E-state index in [0.29, 0.717) is 4.47 Å². The lowest BCUT2D eigenvalue weighted by Crippen LogP contribution is -2.08. The Balaban J connectivity index is 3.32. The summed E-state index contributed by atoms with van der Waals surface area (Å²) in [6.07, 6.45) is 0. The molecule has 1 aromatic carbocycles. The number of rotatable bonds is 2. The second kappa shape index (κ2) is 4.52. The van der Waals surface area contributed by atoms with Crippen LogP contribution < -0.4 is 0 Å². The molecule has 0 aliphatic heterocycles. The molecule has 0 aliphatic rings. The molecule has 1 rings (SSSR count). The Hall–Kier alpha value is -0.940. The third-order valence-corrected chi connectivity index (χ3v) is 2.39. The Labute approximate surface area is 88.6 Å². The van der Waals surface area contributed by atoms with Gasteiger partial charge in [-0.15, -0.1) is 0 Å². The Morgan fingerprint density at radius 1 is 1.64 bits per heavy atom. The van der Waals surface area contributed by atoms with Crippen molar-refractivity contribution in [3.05, 3.63) is 33.5 Å². The summed E-state index contributed by atoms with van der Waals surface area (Å²) in [5.74, 6) is -1.53. The molecule has 0 amide bonds. The predicted octanol–water partition coefficient (Wildman–Crippen LogP) is 1.87. The maximum absolute atomic E-state index is 13.5. The standard InChI is InChI=1S/C9H8BrFO3/c1-14-9(13)7-6(10)3-2-5(4-12)8(7)11/h2-3,12H,4H2,1H3. The quantitative estimate of drug-likeness (QED) is 0.828. The van der Waals surface area contributed by atoms with E-state index in [1.54, 1.807) is 0 Å². The lowest BCUT2D eigenvalue weighted by Gasteiger charge is -2.06. The van der Waals surface area contributed by atoms with E-state index in [1.807, 2.05) is 0 Å². The van der Waals surface area contributed by atoms with Crippen LogP contribution in [0, 0.1) is 5.82 Å². The van der Waals surface area contributed by atoms with Crippen LogP contribution in [-0.2, 0) is 11.3 Å². The molecular formula is C9H8BrFO3. The van der Waals surface area contributed by atoms with Gasteiger partial charge in [0, 0.05) is 10.0 Å². The summed E-state index contributed by atoms with van der Waals surface area (Å²) < 4.78 is 18.2. The Morgan fingerprint density at radius 2 is 2.29 bits per heavy atom. The van der Waals surface area contributed by atoms with E-state index in [4.69, 9.17) is 5.11 Å². The molecule has 0 heterocycles. The zero-order chi connectivity index (χ0) is 10.7. The van der Waals surface area contributed by atoms with E-state index in [2.05, 4.69) is 20.7 Å². The van der Waals surface area contributed by atoms with Crippen LogP contribution in [0.15, 0.2) is 16.6 Å². The zero-order valence-corrected chi connectivity index (χ0v) is 8.97. The van der Waals surface area contributed by atoms with Crippen LogP contribution in [0.2, 0.25) is 0 Å². The van der Waals surface area contributed by atoms with Crippen molar-refractivity contribution < 1.29 is 19.0 Å². The van der Waals surface area contributed by atoms with Gasteiger partial charge in [-0.1, -0.05) is 6.07 Å². The number of aliphatic hydroxyl groups is 1. The molecule has 0 aromatic heterocycles. The number of halogens is 2. The monoisotopic (exact) mass is 262 g/mol. The van der Waals surface area contributed by atoms with Gasteiger partial charge in [-0.2, -0.15) is 0 Å². The van der Waals surface area contributed by atoms with Gasteiger partial charge in [-0.05, 0) is 22.0 Å². The van der Waals surface area contributed by atoms with Crippen LogP contribution in [0.5, 0.6) is 0 Å². The third-order valence-electron chi connectivity index (χ3n) is 1.73. The van der Waals surface area contributed by atoms with Gasteiger partial charge in [0.25, 0.3) is 0 Å². The van der Waals surface area contributed by atoms with Gasteiger partial charge in [0.1, 0.15) is 11.4 Å². The maximum atomic E-state index is 13.5. The highest BCUT2D eigenvalue weighted by molar-refractivity contribution is 9.10. The number of aliphatic hydroxyl groups excluding tert-OH is 1. The molecule has 0 aliphatic carbocycles. The van der Waals surface area contributed by atoms with Gasteiger partial charge < -0.3 is 9.84 Å². The van der Waals surface area contributed by atoms with E-state index >= 15 is 0 Å². The van der Waals surface area contributed by atoms with E-state index in [-0.39, 0.29) is 11.1 Å². The first-order valence-corrected chi connectivity index (χ1v) is 4.57. The molecule has 0 bridgehead atoms. The number of benzene rings is 1. The average Bonchev–Trinajstić information content (AvgIpc) is 2.18. The van der Waals surface area contributed by atoms with Crippen LogP contribution in [0.1, 0.15) is 15.9 Å². The van der Waals surface area contributed by atoms with Crippen LogP contribution in [-0.4, -0.2) is 18.2 Å². The van der Waals surface area contributed by atoms with Gasteiger partial charge >= 0.3 is 5.97 Å². The molecule has 76 valence electrons. The van der Waals surface area contributed by atoms with E-state index in [1.165, 1.54) is 19.2 Å². The topological polar surface area (TPSA) is 46.5 Å². The summed E-state index contributed by atoms with van der Waals surface area (Å²) >= 11 is 3.03. The molecule has 1 aromatic rings. The first kappa shape index (κ1) is 11.1. The first-order chi connectivity index (χ1) is 6.61. The molecule has 0 radical (unpaired) electrons. The Morgan fingerprint density at radius 3 is 2.79 bits per heavy atom. The molecule has 0 saturated carbocycles. The Kier molecular flexibility index (Phi) is 3.60. The minimum Gasteiger partial charge on any atom is -0.465 e. The molecule has 14 heavy (non-hydrogen) atoms. The van der Waals surface area contributed by atoms with Crippen molar-refractivity contribution in [1.82, 2.24) is 0 Å². The normalized spacial score (nSPS) is 10.0. The fourth-order valence-corrected chi connectivity index (χ4v) is 1.48. The number of ether oxygens (including phenoxy) is 1. The van der Waals surface area contributed by atoms with Gasteiger partial charge in [-0.25, -0.2) is 9.18 Å². The number of methoxy groups -OCH3 is 1. The number of hydrogen-bond acceptors (Lipinski definition) is 3. The largest absolute Gasteiger partial charge is 0.465 e. The lowest BCUT2D eigenvalue weighted by atomic mass is 10.1. The summed E-state index contributed by atoms with van der Waals surface area (Å²) in [4.78, 5) is 11.1. The molecule has 0 atom stereocenters. The smallest absolute Gasteiger partial charge is 0.342 e. The van der Waals surface area contributed by atoms with Gasteiger partial charge in [0.15, 0.2) is 0 Å². The van der Waals surface area contributed by atoms with Gasteiger partial charge in [0.2, 0.25) is 0 Å². The van der Waals surface area contributed by atoms with E-state index in [0.717, 1.165) is 0 Å². The van der Waals surface area contributed by atoms with Crippen molar-refractivity contribution in [3.63, 3.8) is 0 Å². The molecule has 0 unspecified atom stereocenters. The highest BCUT2D eigenvalue weighted by atomic mass is 79.9. The molecular weight excluding hydrogens is 255 g/mol. The molecule has 0 fully saturated rings. The van der Waals surface area contributed by atoms with Crippen molar-refractivity contribution >= 4 is 21.9 Å². The number of carbonyl (C=O) groups excluding carboxylic acids is 1. The van der Waals surface area contributed by atoms with E-state index in [9.17, 15) is 9.18 Å². The van der Waals surface area contributed by atoms with Crippen molar-refractivity contribution in [2.45, 2.75) is 6.61 Å². The van der Waals surface area contributed by atoms with Crippen molar-refractivity contribution in [2.75, 3.05) is 7.11 Å². The molecule has 5 heteroatoms. The molecule has 0 spiro atoms. The molecule has 0 saturated heterocycles. The zero-order valence-electron chi connectivity index (χ0n) is 7.38. The summed E-state index contributed by atoms with van der Waals surface area (Å²) in [5.41, 5.74) is -0.132. The molecule has 1 N–H and O–H groups in total. The van der Waals surface area contributed by atoms with Crippen molar-refractivity contribution in [2.24, 2.45) is 0 Å². The summed E-state index contributed by atoms with van der Waals surface area (Å²) in [6, 6.07) is 2.88. The van der Waals surface area contributed by atoms with Gasteiger partial charge in [0.05, 0.1) is 13.7 Å². The SMILES string of the molecule is COC(=O)c1c(Br)ccc(CO)c1F. The average molecular weight is 263 g/mol. The lowest BCUT2D eigenvalue weighted by molar-refractivity contribution is 0.0594. The molecule has 3 nitrogen and oxygen atoms in total. The van der Waals surface area contributed by atoms with Crippen LogP contribution in [0.3, 0.4) is 0 Å². The van der Waals surface area contributed by atoms with E-state index < -0.39 is 18.4 Å². The summed E-state index contributed by atoms with van der Waals surface area (Å²) in [5, 5.41) is 8.78. The number of esters is 1. The summed E-state index contributed by atoms with van der Waals surface area (Å²) in [7, 11) is 1.17. The minimum atomic E-state index is -0.773. The number of carbonyl (C=O) groups is 1. The second-order valence-corrected chi connectivity index (χ2v) is 3.40. The highest BCUT2D eigenvalue weighted by Crippen LogP contribution is 2.23.